The van der Waals surface area contributed by atoms with Crippen LogP contribution in [-0.4, -0.2) is 25.8 Å². The van der Waals surface area contributed by atoms with Gasteiger partial charge in [-0.25, -0.2) is 13.1 Å². The van der Waals surface area contributed by atoms with Crippen molar-refractivity contribution in [2.75, 3.05) is 12.3 Å². The smallest absolute Gasteiger partial charge is 0.211 e. The van der Waals surface area contributed by atoms with Gasteiger partial charge in [-0.15, -0.1) is 11.3 Å². The number of rotatable bonds is 6. The van der Waals surface area contributed by atoms with Gasteiger partial charge in [-0.1, -0.05) is 25.1 Å². The first-order chi connectivity index (χ1) is 9.03. The van der Waals surface area contributed by atoms with Crippen LogP contribution in [0.3, 0.4) is 0 Å². The Labute approximate surface area is 117 Å². The van der Waals surface area contributed by atoms with Crippen LogP contribution < -0.4 is 4.72 Å². The highest BCUT2D eigenvalue weighted by Gasteiger charge is 2.16. The first-order valence-corrected chi connectivity index (χ1v) is 8.68. The molecule has 1 aromatic heterocycles. The summed E-state index contributed by atoms with van der Waals surface area (Å²) in [5, 5.41) is 13.0. The van der Waals surface area contributed by atoms with Gasteiger partial charge in [-0.3, -0.25) is 0 Å². The second-order valence-electron chi connectivity index (χ2n) is 4.37. The molecule has 6 heteroatoms. The molecule has 0 bridgehead atoms. The van der Waals surface area contributed by atoms with Gasteiger partial charge in [0.25, 0.3) is 0 Å². The van der Waals surface area contributed by atoms with Crippen LogP contribution in [-0.2, 0) is 10.0 Å². The molecular weight excluding hydrogens is 282 g/mol. The Balaban J connectivity index is 2.10. The molecule has 0 aliphatic rings. The van der Waals surface area contributed by atoms with E-state index in [9.17, 15) is 13.5 Å². The molecule has 1 atom stereocenters. The molecular formula is C13H17NO3S2. The summed E-state index contributed by atoms with van der Waals surface area (Å²) in [7, 11) is -3.28. The Morgan fingerprint density at radius 1 is 1.37 bits per heavy atom. The number of sulfonamides is 1. The maximum Gasteiger partial charge on any atom is 0.211 e. The van der Waals surface area contributed by atoms with Gasteiger partial charge in [0.05, 0.1) is 11.9 Å². The quantitative estimate of drug-likeness (QED) is 0.860. The van der Waals surface area contributed by atoms with Crippen LogP contribution in [0.5, 0.6) is 0 Å². The molecule has 1 heterocycles. The van der Waals surface area contributed by atoms with E-state index in [1.165, 1.54) is 0 Å². The summed E-state index contributed by atoms with van der Waals surface area (Å²) in [6.07, 6.45) is -0.255. The molecule has 0 aliphatic carbocycles. The Morgan fingerprint density at radius 2 is 2.11 bits per heavy atom. The molecule has 0 saturated carbocycles. The Bertz CT molecular complexity index is 649. The molecule has 0 aliphatic heterocycles. The van der Waals surface area contributed by atoms with Gasteiger partial charge in [0, 0.05) is 16.8 Å². The normalized spacial score (nSPS) is 13.8. The lowest BCUT2D eigenvalue weighted by Gasteiger charge is -2.11. The lowest BCUT2D eigenvalue weighted by molar-refractivity contribution is 0.184. The van der Waals surface area contributed by atoms with Crippen molar-refractivity contribution in [3.05, 3.63) is 35.2 Å². The summed E-state index contributed by atoms with van der Waals surface area (Å²) in [6, 6.07) is 7.77. The maximum atomic E-state index is 11.5. The van der Waals surface area contributed by atoms with Crippen LogP contribution in [0.25, 0.3) is 10.1 Å². The van der Waals surface area contributed by atoms with Gasteiger partial charge < -0.3 is 5.11 Å². The SMILES string of the molecule is CCCS(=O)(=O)NCC(O)c1csc2ccccc12. The van der Waals surface area contributed by atoms with Gasteiger partial charge in [0.1, 0.15) is 0 Å². The summed E-state index contributed by atoms with van der Waals surface area (Å²) in [5.41, 5.74) is 0.778. The predicted molar refractivity (Wildman–Crippen MR) is 78.9 cm³/mol. The molecule has 0 saturated heterocycles. The van der Waals surface area contributed by atoms with Gasteiger partial charge in [-0.2, -0.15) is 0 Å². The number of hydrogen-bond donors (Lipinski definition) is 2. The summed E-state index contributed by atoms with van der Waals surface area (Å²) in [5.74, 6) is 0.0874. The van der Waals surface area contributed by atoms with Crippen LogP contribution in [0.2, 0.25) is 0 Å². The van der Waals surface area contributed by atoms with E-state index in [0.29, 0.717) is 6.42 Å². The van der Waals surface area contributed by atoms with Crippen molar-refractivity contribution in [3.8, 4) is 0 Å². The van der Waals surface area contributed by atoms with Gasteiger partial charge in [0.15, 0.2) is 0 Å². The molecule has 0 amide bonds. The molecule has 0 fully saturated rings. The first-order valence-electron chi connectivity index (χ1n) is 6.15. The van der Waals surface area contributed by atoms with Crippen LogP contribution >= 0.6 is 11.3 Å². The zero-order valence-electron chi connectivity index (χ0n) is 10.7. The van der Waals surface area contributed by atoms with E-state index >= 15 is 0 Å². The highest BCUT2D eigenvalue weighted by molar-refractivity contribution is 7.89. The van der Waals surface area contributed by atoms with Crippen molar-refractivity contribution in [1.82, 2.24) is 4.72 Å². The molecule has 0 radical (unpaired) electrons. The average Bonchev–Trinajstić information content (AvgIpc) is 2.80. The van der Waals surface area contributed by atoms with E-state index in [2.05, 4.69) is 4.72 Å². The van der Waals surface area contributed by atoms with Crippen molar-refractivity contribution < 1.29 is 13.5 Å². The summed E-state index contributed by atoms with van der Waals surface area (Å²) in [4.78, 5) is 0. The lowest BCUT2D eigenvalue weighted by Crippen LogP contribution is -2.30. The number of hydrogen-bond acceptors (Lipinski definition) is 4. The van der Waals surface area contributed by atoms with E-state index in [-0.39, 0.29) is 12.3 Å². The van der Waals surface area contributed by atoms with Gasteiger partial charge in [-0.05, 0) is 23.3 Å². The largest absolute Gasteiger partial charge is 0.387 e. The Hall–Kier alpha value is -0.950. The topological polar surface area (TPSA) is 66.4 Å². The molecule has 1 aromatic carbocycles. The van der Waals surface area contributed by atoms with Crippen LogP contribution in [0.15, 0.2) is 29.6 Å². The number of thiophene rings is 1. The van der Waals surface area contributed by atoms with E-state index in [0.717, 1.165) is 15.6 Å². The van der Waals surface area contributed by atoms with Crippen molar-refractivity contribution in [1.29, 1.82) is 0 Å². The van der Waals surface area contributed by atoms with Gasteiger partial charge >= 0.3 is 0 Å². The van der Waals surface area contributed by atoms with Crippen LogP contribution in [0.1, 0.15) is 25.0 Å². The minimum Gasteiger partial charge on any atom is -0.387 e. The maximum absolute atomic E-state index is 11.5. The van der Waals surface area contributed by atoms with E-state index in [4.69, 9.17) is 0 Å². The molecule has 2 N–H and O–H groups in total. The Morgan fingerprint density at radius 3 is 2.84 bits per heavy atom. The zero-order chi connectivity index (χ0) is 13.9. The highest BCUT2D eigenvalue weighted by Crippen LogP contribution is 2.29. The van der Waals surface area contributed by atoms with Crippen molar-refractivity contribution >= 4 is 31.4 Å². The number of fused-ring (bicyclic) bond motifs is 1. The second-order valence-corrected chi connectivity index (χ2v) is 7.21. The lowest BCUT2D eigenvalue weighted by atomic mass is 10.1. The monoisotopic (exact) mass is 299 g/mol. The van der Waals surface area contributed by atoms with E-state index < -0.39 is 16.1 Å². The highest BCUT2D eigenvalue weighted by atomic mass is 32.2. The third-order valence-corrected chi connectivity index (χ3v) is 5.37. The van der Waals surface area contributed by atoms with Crippen molar-refractivity contribution in [2.24, 2.45) is 0 Å². The number of aliphatic hydroxyl groups is 1. The van der Waals surface area contributed by atoms with E-state index in [1.807, 2.05) is 36.6 Å². The average molecular weight is 299 g/mol. The third-order valence-electron chi connectivity index (χ3n) is 2.84. The van der Waals surface area contributed by atoms with Crippen molar-refractivity contribution in [3.63, 3.8) is 0 Å². The minimum atomic E-state index is -3.28. The van der Waals surface area contributed by atoms with Crippen LogP contribution in [0, 0.1) is 0 Å². The van der Waals surface area contributed by atoms with Gasteiger partial charge in [0.2, 0.25) is 10.0 Å². The third kappa shape index (κ3) is 3.54. The predicted octanol–water partition coefficient (Wildman–Crippen LogP) is 2.26. The molecule has 104 valence electrons. The number of aliphatic hydroxyl groups excluding tert-OH is 1. The number of nitrogens with one attached hydrogen (secondary N) is 1. The zero-order valence-corrected chi connectivity index (χ0v) is 12.3. The first kappa shape index (κ1) is 14.5. The standard InChI is InChI=1S/C13H17NO3S2/c1-2-7-19(16,17)14-8-12(15)11-9-18-13-6-4-3-5-10(11)13/h3-6,9,12,14-15H,2,7-8H2,1H3. The molecule has 4 nitrogen and oxygen atoms in total. The fraction of sp³-hybridized carbons (Fsp3) is 0.385. The summed E-state index contributed by atoms with van der Waals surface area (Å²) < 4.78 is 26.6. The molecule has 1 unspecified atom stereocenters. The van der Waals surface area contributed by atoms with Crippen molar-refractivity contribution in [2.45, 2.75) is 19.4 Å². The molecule has 0 spiro atoms. The molecule has 2 rings (SSSR count). The second kappa shape index (κ2) is 6.00. The fourth-order valence-corrected chi connectivity index (χ4v) is 4.01. The summed E-state index contributed by atoms with van der Waals surface area (Å²) in [6.45, 7) is 1.82. The number of benzene rings is 1. The minimum absolute atomic E-state index is 0.0169. The van der Waals surface area contributed by atoms with Crippen LogP contribution in [0.4, 0.5) is 0 Å². The fourth-order valence-electron chi connectivity index (χ4n) is 1.91. The van der Waals surface area contributed by atoms with E-state index in [1.54, 1.807) is 11.3 Å². The molecule has 19 heavy (non-hydrogen) atoms. The molecule has 2 aromatic rings. The summed E-state index contributed by atoms with van der Waals surface area (Å²) >= 11 is 1.55. The Kier molecular flexibility index (Phi) is 4.57.